The third-order valence-corrected chi connectivity index (χ3v) is 6.76. The van der Waals surface area contributed by atoms with Crippen LogP contribution in [0.15, 0.2) is 108 Å². The summed E-state index contributed by atoms with van der Waals surface area (Å²) in [4.78, 5) is 0. The molecule has 39 heavy (non-hydrogen) atoms. The molecule has 0 atom stereocenters. The summed E-state index contributed by atoms with van der Waals surface area (Å²) in [6.45, 7) is 10.5. The highest BCUT2D eigenvalue weighted by Crippen LogP contribution is 2.39. The summed E-state index contributed by atoms with van der Waals surface area (Å²) in [6.07, 6.45) is 7.40. The van der Waals surface area contributed by atoms with E-state index in [0.717, 1.165) is 39.5 Å². The van der Waals surface area contributed by atoms with Gasteiger partial charge < -0.3 is 14.0 Å². The molecule has 0 saturated carbocycles. The van der Waals surface area contributed by atoms with E-state index >= 15 is 0 Å². The maximum atomic E-state index is 6.47. The van der Waals surface area contributed by atoms with E-state index in [2.05, 4.69) is 29.9 Å². The summed E-state index contributed by atoms with van der Waals surface area (Å²) < 4.78 is 17.8. The van der Waals surface area contributed by atoms with Crippen LogP contribution in [0.1, 0.15) is 43.6 Å². The van der Waals surface area contributed by atoms with E-state index in [4.69, 9.17) is 37.2 Å². The van der Waals surface area contributed by atoms with Crippen molar-refractivity contribution in [3.8, 4) is 28.1 Å². The summed E-state index contributed by atoms with van der Waals surface area (Å²) in [5.41, 5.74) is 5.35. The maximum Gasteiger partial charge on any atom is 0.146 e. The molecular formula is C33H31Cl2NO3. The topological polar surface area (TPSA) is 44.5 Å². The van der Waals surface area contributed by atoms with Crippen LogP contribution < -0.4 is 4.74 Å². The molecule has 1 aromatic heterocycles. The minimum Gasteiger partial charge on any atom is -0.489 e. The zero-order valence-electron chi connectivity index (χ0n) is 22.3. The number of hydrogen-bond donors (Lipinski definition) is 0. The second-order valence-corrected chi connectivity index (χ2v) is 10.0. The van der Waals surface area contributed by atoms with Crippen LogP contribution in [0.4, 0.5) is 0 Å². The Balaban J connectivity index is 1.49. The molecule has 0 spiro atoms. The average molecular weight is 561 g/mol. The second kappa shape index (κ2) is 13.4. The lowest BCUT2D eigenvalue weighted by atomic mass is 10.0. The van der Waals surface area contributed by atoms with E-state index in [1.165, 1.54) is 0 Å². The van der Waals surface area contributed by atoms with E-state index < -0.39 is 0 Å². The molecule has 4 nitrogen and oxygen atoms in total. The molecule has 1 heterocycles. The van der Waals surface area contributed by atoms with Crippen LogP contribution in [-0.4, -0.2) is 5.16 Å². The molecule has 0 amide bonds. The molecule has 0 aliphatic carbocycles. The minimum absolute atomic E-state index is 0.117. The van der Waals surface area contributed by atoms with Gasteiger partial charge in [-0.2, -0.15) is 0 Å². The Morgan fingerprint density at radius 2 is 1.69 bits per heavy atom. The zero-order valence-corrected chi connectivity index (χ0v) is 23.8. The van der Waals surface area contributed by atoms with E-state index in [1.54, 1.807) is 24.3 Å². The lowest BCUT2D eigenvalue weighted by Crippen LogP contribution is -2.01. The van der Waals surface area contributed by atoms with Crippen molar-refractivity contribution in [1.82, 2.24) is 5.16 Å². The highest BCUT2D eigenvalue weighted by Gasteiger charge is 2.23. The Morgan fingerprint density at radius 3 is 2.36 bits per heavy atom. The van der Waals surface area contributed by atoms with Crippen molar-refractivity contribution in [3.05, 3.63) is 130 Å². The molecule has 0 radical (unpaired) electrons. The van der Waals surface area contributed by atoms with Crippen LogP contribution >= 0.6 is 23.2 Å². The van der Waals surface area contributed by atoms with Gasteiger partial charge in [-0.1, -0.05) is 97.3 Å². The molecule has 0 bridgehead atoms. The number of rotatable bonds is 11. The molecular weight excluding hydrogens is 529 g/mol. The molecule has 6 heteroatoms. The van der Waals surface area contributed by atoms with E-state index in [0.29, 0.717) is 27.9 Å². The van der Waals surface area contributed by atoms with Gasteiger partial charge in [0, 0.05) is 11.5 Å². The first kappa shape index (κ1) is 28.3. The Hall–Kier alpha value is -3.73. The highest BCUT2D eigenvalue weighted by atomic mass is 35.5. The fourth-order valence-corrected chi connectivity index (χ4v) is 4.71. The summed E-state index contributed by atoms with van der Waals surface area (Å²) in [6, 6.07) is 21.7. The van der Waals surface area contributed by atoms with Gasteiger partial charge in [0.2, 0.25) is 0 Å². The SMILES string of the molecule is C=C/C=C\C(=C/C)OCc1cccc(-c2ccc(OCc3c(-c4c(Cl)cccc4Cl)noc3C(C)C)cc2)c1. The lowest BCUT2D eigenvalue weighted by molar-refractivity contribution is 0.210. The van der Waals surface area contributed by atoms with Crippen LogP contribution in [0, 0.1) is 0 Å². The van der Waals surface area contributed by atoms with Crippen LogP contribution in [0.25, 0.3) is 22.4 Å². The van der Waals surface area contributed by atoms with Crippen molar-refractivity contribution >= 4 is 23.2 Å². The molecule has 200 valence electrons. The predicted octanol–water partition coefficient (Wildman–Crippen LogP) is 10.2. The number of hydrogen-bond acceptors (Lipinski definition) is 4. The van der Waals surface area contributed by atoms with Gasteiger partial charge >= 0.3 is 0 Å². The molecule has 4 aromatic rings. The maximum absolute atomic E-state index is 6.47. The lowest BCUT2D eigenvalue weighted by Gasteiger charge is -2.12. The van der Waals surface area contributed by atoms with E-state index in [1.807, 2.05) is 69.3 Å². The predicted molar refractivity (Wildman–Crippen MR) is 160 cm³/mol. The number of ether oxygens (including phenoxy) is 2. The normalized spacial score (nSPS) is 11.8. The molecule has 0 aliphatic rings. The van der Waals surface area contributed by atoms with Crippen molar-refractivity contribution in [2.24, 2.45) is 0 Å². The third kappa shape index (κ3) is 7.03. The van der Waals surface area contributed by atoms with Gasteiger partial charge in [0.15, 0.2) is 0 Å². The fraction of sp³-hybridized carbons (Fsp3) is 0.182. The molecule has 0 unspecified atom stereocenters. The summed E-state index contributed by atoms with van der Waals surface area (Å²) >= 11 is 12.9. The zero-order chi connectivity index (χ0) is 27.8. The first-order valence-corrected chi connectivity index (χ1v) is 13.5. The largest absolute Gasteiger partial charge is 0.489 e. The minimum atomic E-state index is 0.117. The first-order valence-electron chi connectivity index (χ1n) is 12.7. The van der Waals surface area contributed by atoms with Gasteiger partial charge in [0.05, 0.1) is 15.6 Å². The molecule has 4 rings (SSSR count). The van der Waals surface area contributed by atoms with Crippen molar-refractivity contribution in [2.45, 2.75) is 39.9 Å². The third-order valence-electron chi connectivity index (χ3n) is 6.13. The number of halogens is 2. The average Bonchev–Trinajstić information content (AvgIpc) is 3.36. The smallest absolute Gasteiger partial charge is 0.146 e. The van der Waals surface area contributed by atoms with E-state index in [9.17, 15) is 0 Å². The van der Waals surface area contributed by atoms with Gasteiger partial charge in [-0.3, -0.25) is 0 Å². The first-order chi connectivity index (χ1) is 18.9. The molecule has 0 N–H and O–H groups in total. The molecule has 0 saturated heterocycles. The van der Waals surface area contributed by atoms with Crippen LogP contribution in [0.2, 0.25) is 10.0 Å². The summed E-state index contributed by atoms with van der Waals surface area (Å²) in [5, 5.41) is 5.33. The Kier molecular flexibility index (Phi) is 9.69. The van der Waals surface area contributed by atoms with Crippen molar-refractivity contribution in [3.63, 3.8) is 0 Å². The van der Waals surface area contributed by atoms with E-state index in [-0.39, 0.29) is 12.5 Å². The van der Waals surface area contributed by atoms with Crippen LogP contribution in [0.5, 0.6) is 5.75 Å². The van der Waals surface area contributed by atoms with Gasteiger partial charge in [0.25, 0.3) is 0 Å². The van der Waals surface area contributed by atoms with Crippen molar-refractivity contribution < 1.29 is 14.0 Å². The number of allylic oxidation sites excluding steroid dienone is 4. The van der Waals surface area contributed by atoms with Gasteiger partial charge in [-0.05, 0) is 66.1 Å². The Bertz CT molecular complexity index is 1460. The number of aromatic nitrogens is 1. The second-order valence-electron chi connectivity index (χ2n) is 9.21. The van der Waals surface area contributed by atoms with Crippen molar-refractivity contribution in [2.75, 3.05) is 0 Å². The van der Waals surface area contributed by atoms with Crippen molar-refractivity contribution in [1.29, 1.82) is 0 Å². The van der Waals surface area contributed by atoms with Crippen LogP contribution in [0.3, 0.4) is 0 Å². The number of nitrogens with zero attached hydrogens (tertiary/aromatic N) is 1. The van der Waals surface area contributed by atoms with Crippen LogP contribution in [-0.2, 0) is 18.0 Å². The van der Waals surface area contributed by atoms with Gasteiger partial charge in [-0.15, -0.1) is 0 Å². The molecule has 0 fully saturated rings. The van der Waals surface area contributed by atoms with Gasteiger partial charge in [-0.25, -0.2) is 0 Å². The van der Waals surface area contributed by atoms with Gasteiger partial charge in [0.1, 0.15) is 36.2 Å². The fourth-order valence-electron chi connectivity index (χ4n) is 4.13. The molecule has 3 aromatic carbocycles. The summed E-state index contributed by atoms with van der Waals surface area (Å²) in [7, 11) is 0. The Morgan fingerprint density at radius 1 is 0.974 bits per heavy atom. The molecule has 0 aliphatic heterocycles. The summed E-state index contributed by atoms with van der Waals surface area (Å²) in [5.74, 6) is 2.40. The number of benzene rings is 3. The Labute approximate surface area is 240 Å². The standard InChI is InChI=1S/C33H31Cl2NO3/c1-5-7-12-26(6-2)37-20-23-10-8-11-25(19-23)24-15-17-27(18-16-24)38-21-28-32(36-39-33(28)22(3)4)31-29(34)13-9-14-30(31)35/h5-19,22H,1,20-21H2,2-4H3/b12-7-,26-6+. The quantitative estimate of drug-likeness (QED) is 0.135. The monoisotopic (exact) mass is 559 g/mol. The highest BCUT2D eigenvalue weighted by molar-refractivity contribution is 6.39.